The van der Waals surface area contributed by atoms with Gasteiger partial charge in [-0.3, -0.25) is 4.79 Å². The number of hydrogen-bond donors (Lipinski definition) is 3. The molecule has 0 aliphatic rings. The van der Waals surface area contributed by atoms with Crippen LogP contribution in [-0.4, -0.2) is 55.7 Å². The molecule has 0 spiro atoms. The van der Waals surface area contributed by atoms with Crippen molar-refractivity contribution >= 4 is 12.0 Å². The number of carboxylic acid groups (broad SMARTS) is 1. The van der Waals surface area contributed by atoms with Crippen LogP contribution in [0.2, 0.25) is 0 Å². The predicted molar refractivity (Wildman–Crippen MR) is 79.8 cm³/mol. The molecule has 2 amide bonds. The SMILES string of the molecule is CC(C)CC(CNC(=O)NCCCCN(C)C)C(=O)O. The molecule has 0 fully saturated rings. The normalized spacial score (nSPS) is 12.5. The predicted octanol–water partition coefficient (Wildman–Crippen LogP) is 1.37. The molecule has 0 radical (unpaired) electrons. The molecular formula is C14H29N3O3. The summed E-state index contributed by atoms with van der Waals surface area (Å²) >= 11 is 0. The van der Waals surface area contributed by atoms with Gasteiger partial charge >= 0.3 is 12.0 Å². The molecule has 0 aromatic carbocycles. The Bertz CT molecular complexity index is 293. The lowest BCUT2D eigenvalue weighted by atomic mass is 9.97. The highest BCUT2D eigenvalue weighted by atomic mass is 16.4. The molecule has 0 aromatic rings. The highest BCUT2D eigenvalue weighted by Gasteiger charge is 2.19. The lowest BCUT2D eigenvalue weighted by molar-refractivity contribution is -0.142. The van der Waals surface area contributed by atoms with E-state index in [0.717, 1.165) is 19.4 Å². The number of unbranched alkanes of at least 4 members (excludes halogenated alkanes) is 1. The Morgan fingerprint density at radius 3 is 2.30 bits per heavy atom. The Morgan fingerprint density at radius 1 is 1.15 bits per heavy atom. The van der Waals surface area contributed by atoms with E-state index in [4.69, 9.17) is 5.11 Å². The Hall–Kier alpha value is -1.30. The molecule has 0 aromatic heterocycles. The first-order chi connectivity index (χ1) is 9.32. The monoisotopic (exact) mass is 287 g/mol. The van der Waals surface area contributed by atoms with Gasteiger partial charge in [-0.15, -0.1) is 0 Å². The number of aliphatic carboxylic acids is 1. The second-order valence-electron chi connectivity index (χ2n) is 5.81. The van der Waals surface area contributed by atoms with E-state index in [1.54, 1.807) is 0 Å². The second kappa shape index (κ2) is 10.5. The van der Waals surface area contributed by atoms with Gasteiger partial charge in [0.2, 0.25) is 0 Å². The number of nitrogens with zero attached hydrogens (tertiary/aromatic N) is 1. The van der Waals surface area contributed by atoms with Crippen LogP contribution < -0.4 is 10.6 Å². The van der Waals surface area contributed by atoms with E-state index in [2.05, 4.69) is 15.5 Å². The zero-order chi connectivity index (χ0) is 15.5. The van der Waals surface area contributed by atoms with Gasteiger partial charge in [-0.05, 0) is 45.8 Å². The van der Waals surface area contributed by atoms with Crippen molar-refractivity contribution in [3.8, 4) is 0 Å². The molecule has 0 aliphatic heterocycles. The third kappa shape index (κ3) is 10.6. The molecule has 118 valence electrons. The van der Waals surface area contributed by atoms with Crippen LogP contribution in [0, 0.1) is 11.8 Å². The summed E-state index contributed by atoms with van der Waals surface area (Å²) in [5, 5.41) is 14.4. The largest absolute Gasteiger partial charge is 0.481 e. The van der Waals surface area contributed by atoms with Crippen LogP contribution >= 0.6 is 0 Å². The van der Waals surface area contributed by atoms with E-state index in [-0.39, 0.29) is 12.6 Å². The number of nitrogens with one attached hydrogen (secondary N) is 2. The molecule has 0 saturated heterocycles. The second-order valence-corrected chi connectivity index (χ2v) is 5.81. The maximum absolute atomic E-state index is 11.5. The molecule has 0 bridgehead atoms. The van der Waals surface area contributed by atoms with Crippen LogP contribution in [0.5, 0.6) is 0 Å². The van der Waals surface area contributed by atoms with Gasteiger partial charge in [-0.1, -0.05) is 13.8 Å². The van der Waals surface area contributed by atoms with Gasteiger partial charge in [0.1, 0.15) is 0 Å². The van der Waals surface area contributed by atoms with Crippen LogP contribution in [0.3, 0.4) is 0 Å². The standard InChI is InChI=1S/C14H29N3O3/c1-11(2)9-12(13(18)19)10-16-14(20)15-7-5-6-8-17(3)4/h11-12H,5-10H2,1-4H3,(H,18,19)(H2,15,16,20). The topological polar surface area (TPSA) is 81.7 Å². The van der Waals surface area contributed by atoms with Crippen LogP contribution in [0.15, 0.2) is 0 Å². The molecular weight excluding hydrogens is 258 g/mol. The number of rotatable bonds is 10. The average molecular weight is 287 g/mol. The minimum atomic E-state index is -0.856. The molecule has 6 heteroatoms. The number of hydrogen-bond acceptors (Lipinski definition) is 3. The molecule has 20 heavy (non-hydrogen) atoms. The zero-order valence-corrected chi connectivity index (χ0v) is 13.1. The van der Waals surface area contributed by atoms with Crippen molar-refractivity contribution in [1.29, 1.82) is 0 Å². The molecule has 1 atom stereocenters. The summed E-state index contributed by atoms with van der Waals surface area (Å²) in [4.78, 5) is 24.7. The number of carboxylic acids is 1. The van der Waals surface area contributed by atoms with Crippen LogP contribution in [-0.2, 0) is 4.79 Å². The molecule has 0 heterocycles. The lowest BCUT2D eigenvalue weighted by Gasteiger charge is -2.16. The fourth-order valence-corrected chi connectivity index (χ4v) is 1.87. The molecule has 0 rings (SSSR count). The smallest absolute Gasteiger partial charge is 0.314 e. The molecule has 6 nitrogen and oxygen atoms in total. The van der Waals surface area contributed by atoms with Gasteiger partial charge in [0.05, 0.1) is 5.92 Å². The average Bonchev–Trinajstić information content (AvgIpc) is 2.32. The third-order valence-electron chi connectivity index (χ3n) is 2.93. The number of carbonyl (C=O) groups is 2. The summed E-state index contributed by atoms with van der Waals surface area (Å²) < 4.78 is 0. The van der Waals surface area contributed by atoms with Gasteiger partial charge in [-0.25, -0.2) is 4.79 Å². The maximum Gasteiger partial charge on any atom is 0.314 e. The quantitative estimate of drug-likeness (QED) is 0.530. The van der Waals surface area contributed by atoms with Crippen molar-refractivity contribution in [2.75, 3.05) is 33.7 Å². The van der Waals surface area contributed by atoms with E-state index in [9.17, 15) is 9.59 Å². The Balaban J connectivity index is 3.76. The number of urea groups is 1. The fraction of sp³-hybridized carbons (Fsp3) is 0.857. The molecule has 0 aliphatic carbocycles. The van der Waals surface area contributed by atoms with Crippen molar-refractivity contribution in [2.45, 2.75) is 33.1 Å². The Labute approximate surface area is 121 Å². The molecule has 0 saturated carbocycles. The number of amides is 2. The minimum absolute atomic E-state index is 0.178. The summed E-state index contributed by atoms with van der Waals surface area (Å²) in [7, 11) is 4.03. The van der Waals surface area contributed by atoms with Gasteiger partial charge in [0, 0.05) is 13.1 Å². The third-order valence-corrected chi connectivity index (χ3v) is 2.93. The van der Waals surface area contributed by atoms with E-state index in [0.29, 0.717) is 18.9 Å². The van der Waals surface area contributed by atoms with Crippen LogP contribution in [0.25, 0.3) is 0 Å². The van der Waals surface area contributed by atoms with Crippen molar-refractivity contribution in [1.82, 2.24) is 15.5 Å². The summed E-state index contributed by atoms with van der Waals surface area (Å²) in [6.45, 7) is 5.74. The van der Waals surface area contributed by atoms with Crippen LogP contribution in [0.1, 0.15) is 33.1 Å². The number of carbonyl (C=O) groups excluding carboxylic acids is 1. The summed E-state index contributed by atoms with van der Waals surface area (Å²) in [6.07, 6.45) is 2.51. The first-order valence-electron chi connectivity index (χ1n) is 7.22. The Kier molecular flexibility index (Phi) is 9.80. The van der Waals surface area contributed by atoms with Crippen LogP contribution in [0.4, 0.5) is 4.79 Å². The van der Waals surface area contributed by atoms with Gasteiger partial charge in [0.25, 0.3) is 0 Å². The Morgan fingerprint density at radius 2 is 1.80 bits per heavy atom. The highest BCUT2D eigenvalue weighted by molar-refractivity contribution is 5.75. The lowest BCUT2D eigenvalue weighted by Crippen LogP contribution is -2.40. The van der Waals surface area contributed by atoms with Gasteiger partial charge in [-0.2, -0.15) is 0 Å². The summed E-state index contributed by atoms with van der Waals surface area (Å²) in [5.41, 5.74) is 0. The minimum Gasteiger partial charge on any atom is -0.481 e. The maximum atomic E-state index is 11.5. The van der Waals surface area contributed by atoms with Crippen molar-refractivity contribution in [3.63, 3.8) is 0 Å². The van der Waals surface area contributed by atoms with E-state index < -0.39 is 11.9 Å². The summed E-state index contributed by atoms with van der Waals surface area (Å²) in [6, 6.07) is -0.287. The fourth-order valence-electron chi connectivity index (χ4n) is 1.87. The molecule has 1 unspecified atom stereocenters. The van der Waals surface area contributed by atoms with Gasteiger partial charge in [0.15, 0.2) is 0 Å². The highest BCUT2D eigenvalue weighted by Crippen LogP contribution is 2.10. The van der Waals surface area contributed by atoms with Gasteiger partial charge < -0.3 is 20.6 Å². The van der Waals surface area contributed by atoms with E-state index in [1.807, 2.05) is 27.9 Å². The van der Waals surface area contributed by atoms with E-state index in [1.165, 1.54) is 0 Å². The zero-order valence-electron chi connectivity index (χ0n) is 13.1. The van der Waals surface area contributed by atoms with Crippen molar-refractivity contribution < 1.29 is 14.7 Å². The van der Waals surface area contributed by atoms with Crippen molar-refractivity contribution in [3.05, 3.63) is 0 Å². The first-order valence-corrected chi connectivity index (χ1v) is 7.22. The first kappa shape index (κ1) is 18.7. The molecule has 3 N–H and O–H groups in total. The van der Waals surface area contributed by atoms with E-state index >= 15 is 0 Å². The summed E-state index contributed by atoms with van der Waals surface area (Å²) in [5.74, 6) is -1.08. The van der Waals surface area contributed by atoms with Crippen molar-refractivity contribution in [2.24, 2.45) is 11.8 Å².